The van der Waals surface area contributed by atoms with Gasteiger partial charge in [0.15, 0.2) is 12.1 Å². The van der Waals surface area contributed by atoms with E-state index in [0.29, 0.717) is 12.2 Å². The Morgan fingerprint density at radius 3 is 2.59 bits per heavy atom. The average Bonchev–Trinajstić information content (AvgIpc) is 2.52. The molecule has 120 valence electrons. The highest BCUT2D eigenvalue weighted by Gasteiger charge is 2.26. The Bertz CT molecular complexity index is 489. The summed E-state index contributed by atoms with van der Waals surface area (Å²) in [6.07, 6.45) is 0.653. The van der Waals surface area contributed by atoms with Crippen molar-refractivity contribution < 1.29 is 24.2 Å². The van der Waals surface area contributed by atoms with E-state index in [1.54, 1.807) is 31.2 Å². The molecule has 0 saturated carbocycles. The molecule has 2 unspecified atom stereocenters. The number of aliphatic carboxylic acids is 1. The summed E-state index contributed by atoms with van der Waals surface area (Å²) in [5.74, 6) is -1.68. The molecule has 0 bridgehead atoms. The number of benzene rings is 1. The van der Waals surface area contributed by atoms with Crippen molar-refractivity contribution in [1.29, 1.82) is 0 Å². The van der Waals surface area contributed by atoms with Gasteiger partial charge in [-0.25, -0.2) is 4.79 Å². The topological polar surface area (TPSA) is 84.9 Å². The Morgan fingerprint density at radius 2 is 2.05 bits per heavy atom. The molecule has 0 spiro atoms. The highest BCUT2D eigenvalue weighted by Crippen LogP contribution is 2.17. The van der Waals surface area contributed by atoms with E-state index < -0.39 is 24.0 Å². The van der Waals surface area contributed by atoms with Crippen LogP contribution >= 0.6 is 0 Å². The van der Waals surface area contributed by atoms with Crippen molar-refractivity contribution in [1.82, 2.24) is 5.32 Å². The third-order valence-corrected chi connectivity index (χ3v) is 2.81. The smallest absolute Gasteiger partial charge is 0.328 e. The van der Waals surface area contributed by atoms with Crippen LogP contribution in [0.15, 0.2) is 43.0 Å². The van der Waals surface area contributed by atoms with E-state index in [9.17, 15) is 9.59 Å². The average molecular weight is 307 g/mol. The molecular formula is C16H21NO5. The Hall–Kier alpha value is -2.18. The van der Waals surface area contributed by atoms with Crippen LogP contribution in [0.1, 0.15) is 18.6 Å². The first kappa shape index (κ1) is 17.9. The van der Waals surface area contributed by atoms with Crippen LogP contribution in [0.4, 0.5) is 0 Å². The molecule has 1 amide bonds. The third-order valence-electron chi connectivity index (χ3n) is 2.81. The van der Waals surface area contributed by atoms with Gasteiger partial charge in [-0.3, -0.25) is 4.79 Å². The number of carboxylic acid groups (broad SMARTS) is 1. The van der Waals surface area contributed by atoms with Crippen molar-refractivity contribution in [3.8, 4) is 0 Å². The van der Waals surface area contributed by atoms with Gasteiger partial charge >= 0.3 is 5.97 Å². The molecule has 0 aliphatic rings. The second kappa shape index (κ2) is 9.70. The molecule has 1 aromatic carbocycles. The van der Waals surface area contributed by atoms with Crippen molar-refractivity contribution in [2.75, 3.05) is 19.8 Å². The van der Waals surface area contributed by atoms with Gasteiger partial charge in [-0.2, -0.15) is 0 Å². The minimum atomic E-state index is -1.17. The van der Waals surface area contributed by atoms with Gasteiger partial charge in [0.1, 0.15) is 0 Å². The summed E-state index contributed by atoms with van der Waals surface area (Å²) in [6, 6.07) is 7.77. The lowest BCUT2D eigenvalue weighted by molar-refractivity contribution is -0.146. The number of hydrogen-bond acceptors (Lipinski definition) is 4. The van der Waals surface area contributed by atoms with Gasteiger partial charge in [0, 0.05) is 6.61 Å². The molecule has 0 aliphatic carbocycles. The Morgan fingerprint density at radius 1 is 1.36 bits per heavy atom. The molecule has 1 rings (SSSR count). The number of carbonyl (C=O) groups is 2. The van der Waals surface area contributed by atoms with Crippen LogP contribution in [0.5, 0.6) is 0 Å². The van der Waals surface area contributed by atoms with Crippen LogP contribution in [0, 0.1) is 0 Å². The molecule has 2 atom stereocenters. The standard InChI is InChI=1S/C16H21NO5/c1-3-10-21-11-13(16(19)20)17-15(18)14(22-4-2)12-8-6-5-7-9-12/h3,5-9,13-14H,1,4,10-11H2,2H3,(H,17,18)(H,19,20). The van der Waals surface area contributed by atoms with Crippen LogP contribution < -0.4 is 5.32 Å². The van der Waals surface area contributed by atoms with Crippen molar-refractivity contribution in [3.05, 3.63) is 48.6 Å². The predicted octanol–water partition coefficient (Wildman–Crippen LogP) is 1.54. The highest BCUT2D eigenvalue weighted by molar-refractivity contribution is 5.87. The molecule has 0 fully saturated rings. The maximum Gasteiger partial charge on any atom is 0.328 e. The molecule has 6 nitrogen and oxygen atoms in total. The quantitative estimate of drug-likeness (QED) is 0.506. The molecule has 0 heterocycles. The predicted molar refractivity (Wildman–Crippen MR) is 81.4 cm³/mol. The van der Waals surface area contributed by atoms with Crippen LogP contribution in [-0.4, -0.2) is 42.8 Å². The van der Waals surface area contributed by atoms with Gasteiger partial charge in [-0.1, -0.05) is 36.4 Å². The fraction of sp³-hybridized carbons (Fsp3) is 0.375. The summed E-state index contributed by atoms with van der Waals surface area (Å²) in [4.78, 5) is 23.5. The lowest BCUT2D eigenvalue weighted by Crippen LogP contribution is -2.46. The molecule has 22 heavy (non-hydrogen) atoms. The van der Waals surface area contributed by atoms with Crippen LogP contribution in [0.25, 0.3) is 0 Å². The first-order valence-corrected chi connectivity index (χ1v) is 6.98. The van der Waals surface area contributed by atoms with E-state index in [1.165, 1.54) is 6.08 Å². The number of carbonyl (C=O) groups excluding carboxylic acids is 1. The molecule has 1 aromatic rings. The molecule has 0 saturated heterocycles. The highest BCUT2D eigenvalue weighted by atomic mass is 16.5. The normalized spacial score (nSPS) is 13.1. The van der Waals surface area contributed by atoms with E-state index in [-0.39, 0.29) is 13.2 Å². The summed E-state index contributed by atoms with van der Waals surface area (Å²) in [7, 11) is 0. The zero-order valence-corrected chi connectivity index (χ0v) is 12.5. The first-order valence-electron chi connectivity index (χ1n) is 6.98. The number of carboxylic acids is 1. The minimum absolute atomic E-state index is 0.138. The first-order chi connectivity index (χ1) is 10.6. The number of rotatable bonds is 10. The lowest BCUT2D eigenvalue weighted by atomic mass is 10.1. The zero-order valence-electron chi connectivity index (χ0n) is 12.5. The summed E-state index contributed by atoms with van der Waals surface area (Å²) in [5.41, 5.74) is 0.665. The minimum Gasteiger partial charge on any atom is -0.480 e. The fourth-order valence-electron chi connectivity index (χ4n) is 1.81. The number of amides is 1. The molecule has 6 heteroatoms. The van der Waals surface area contributed by atoms with Crippen LogP contribution in [-0.2, 0) is 19.1 Å². The van der Waals surface area contributed by atoms with Crippen molar-refractivity contribution in [3.63, 3.8) is 0 Å². The largest absolute Gasteiger partial charge is 0.480 e. The summed E-state index contributed by atoms with van der Waals surface area (Å²) in [5, 5.41) is 11.6. The molecule has 0 aliphatic heterocycles. The van der Waals surface area contributed by atoms with E-state index in [0.717, 1.165) is 0 Å². The monoisotopic (exact) mass is 307 g/mol. The van der Waals surface area contributed by atoms with Crippen molar-refractivity contribution in [2.45, 2.75) is 19.1 Å². The van der Waals surface area contributed by atoms with Gasteiger partial charge in [-0.15, -0.1) is 6.58 Å². The van der Waals surface area contributed by atoms with Gasteiger partial charge in [0.25, 0.3) is 5.91 Å². The maximum absolute atomic E-state index is 12.3. The summed E-state index contributed by atoms with van der Waals surface area (Å²) in [6.45, 7) is 5.65. The van der Waals surface area contributed by atoms with E-state index in [2.05, 4.69) is 11.9 Å². The van der Waals surface area contributed by atoms with Gasteiger partial charge in [-0.05, 0) is 12.5 Å². The molecular weight excluding hydrogens is 286 g/mol. The number of nitrogens with one attached hydrogen (secondary N) is 1. The molecule has 0 aromatic heterocycles. The Kier molecular flexibility index (Phi) is 7.88. The SMILES string of the molecule is C=CCOCC(NC(=O)C(OCC)c1ccccc1)C(=O)O. The number of hydrogen-bond donors (Lipinski definition) is 2. The van der Waals surface area contributed by atoms with Crippen LogP contribution in [0.2, 0.25) is 0 Å². The van der Waals surface area contributed by atoms with Crippen molar-refractivity contribution >= 4 is 11.9 Å². The molecule has 0 radical (unpaired) electrons. The maximum atomic E-state index is 12.3. The van der Waals surface area contributed by atoms with Gasteiger partial charge in [0.2, 0.25) is 0 Å². The zero-order chi connectivity index (χ0) is 16.4. The van der Waals surface area contributed by atoms with Crippen molar-refractivity contribution in [2.24, 2.45) is 0 Å². The third kappa shape index (κ3) is 5.67. The van der Waals surface area contributed by atoms with Gasteiger partial charge < -0.3 is 19.9 Å². The van der Waals surface area contributed by atoms with E-state index in [4.69, 9.17) is 14.6 Å². The second-order valence-electron chi connectivity index (χ2n) is 4.47. The van der Waals surface area contributed by atoms with E-state index >= 15 is 0 Å². The van der Waals surface area contributed by atoms with Gasteiger partial charge in [0.05, 0.1) is 13.2 Å². The molecule has 2 N–H and O–H groups in total. The van der Waals surface area contributed by atoms with Crippen LogP contribution in [0.3, 0.4) is 0 Å². The summed E-state index contributed by atoms with van der Waals surface area (Å²) >= 11 is 0. The Balaban J connectivity index is 2.75. The second-order valence-corrected chi connectivity index (χ2v) is 4.47. The number of ether oxygens (including phenoxy) is 2. The Labute approximate surface area is 129 Å². The van der Waals surface area contributed by atoms with E-state index in [1.807, 2.05) is 6.07 Å². The lowest BCUT2D eigenvalue weighted by Gasteiger charge is -2.20. The summed E-state index contributed by atoms with van der Waals surface area (Å²) < 4.78 is 10.5. The fourth-order valence-corrected chi connectivity index (χ4v) is 1.81.